The average Bonchev–Trinajstić information content (AvgIpc) is 3.10. The summed E-state index contributed by atoms with van der Waals surface area (Å²) in [4.78, 5) is 3.12. The minimum atomic E-state index is -3.50. The lowest BCUT2D eigenvalue weighted by Gasteiger charge is -2.19. The van der Waals surface area contributed by atoms with Crippen molar-refractivity contribution in [1.29, 1.82) is 0 Å². The highest BCUT2D eigenvalue weighted by atomic mass is 32.2. The normalized spacial score (nSPS) is 11.9. The monoisotopic (exact) mass is 306 g/mol. The predicted molar refractivity (Wildman–Crippen MR) is 82.9 cm³/mol. The number of thiophene rings is 1. The van der Waals surface area contributed by atoms with Crippen LogP contribution in [-0.4, -0.2) is 20.4 Å². The van der Waals surface area contributed by atoms with E-state index < -0.39 is 10.0 Å². The summed E-state index contributed by atoms with van der Waals surface area (Å²) in [6.45, 7) is 2.01. The van der Waals surface area contributed by atoms with Gasteiger partial charge in [0.2, 0.25) is 0 Å². The Morgan fingerprint density at radius 3 is 2.70 bits per heavy atom. The molecule has 3 rings (SSSR count). The molecule has 0 fully saturated rings. The molecule has 4 nitrogen and oxygen atoms in total. The maximum Gasteiger partial charge on any atom is 0.273 e. The maximum absolute atomic E-state index is 12.6. The van der Waals surface area contributed by atoms with Gasteiger partial charge in [-0.1, -0.05) is 12.1 Å². The van der Waals surface area contributed by atoms with Crippen LogP contribution < -0.4 is 4.31 Å². The summed E-state index contributed by atoms with van der Waals surface area (Å²) >= 11 is 1.22. The number of benzene rings is 1. The topological polar surface area (TPSA) is 53.2 Å². The Bertz CT molecular complexity index is 849. The van der Waals surface area contributed by atoms with Crippen molar-refractivity contribution in [3.63, 3.8) is 0 Å². The van der Waals surface area contributed by atoms with E-state index in [1.165, 1.54) is 15.6 Å². The minimum absolute atomic E-state index is 0.347. The van der Waals surface area contributed by atoms with Crippen LogP contribution in [0.5, 0.6) is 0 Å². The number of sulfonamides is 1. The second kappa shape index (κ2) is 4.64. The van der Waals surface area contributed by atoms with Gasteiger partial charge >= 0.3 is 0 Å². The number of hydrogen-bond donors (Lipinski definition) is 1. The van der Waals surface area contributed by atoms with Gasteiger partial charge in [-0.3, -0.25) is 4.31 Å². The van der Waals surface area contributed by atoms with Gasteiger partial charge in [0.15, 0.2) is 0 Å². The van der Waals surface area contributed by atoms with Crippen molar-refractivity contribution in [1.82, 2.24) is 4.98 Å². The standard InChI is InChI=1S/C14H14N2O2S2/c1-10-5-6-12(14-11(10)7-8-15-14)16(2)20(17,18)13-4-3-9-19-13/h3-9,15H,1-2H3. The summed E-state index contributed by atoms with van der Waals surface area (Å²) in [6.07, 6.45) is 1.83. The molecule has 104 valence electrons. The van der Waals surface area contributed by atoms with Crippen molar-refractivity contribution in [3.8, 4) is 0 Å². The quantitative estimate of drug-likeness (QED) is 0.806. The Morgan fingerprint density at radius 1 is 1.20 bits per heavy atom. The van der Waals surface area contributed by atoms with Gasteiger partial charge in [0.05, 0.1) is 11.2 Å². The first-order valence-electron chi connectivity index (χ1n) is 6.11. The SMILES string of the molecule is Cc1ccc(N(C)S(=O)(=O)c2cccs2)c2[nH]ccc12. The molecule has 0 atom stereocenters. The molecule has 6 heteroatoms. The van der Waals surface area contributed by atoms with Gasteiger partial charge in [0, 0.05) is 18.6 Å². The Morgan fingerprint density at radius 2 is 2.00 bits per heavy atom. The van der Waals surface area contributed by atoms with E-state index in [1.54, 1.807) is 24.6 Å². The van der Waals surface area contributed by atoms with Gasteiger partial charge in [-0.2, -0.15) is 0 Å². The molecular formula is C14H14N2O2S2. The second-order valence-corrected chi connectivity index (χ2v) is 7.72. The molecule has 0 spiro atoms. The lowest BCUT2D eigenvalue weighted by atomic mass is 10.1. The van der Waals surface area contributed by atoms with Crippen molar-refractivity contribution in [2.24, 2.45) is 0 Å². The number of rotatable bonds is 3. The van der Waals surface area contributed by atoms with Crippen molar-refractivity contribution in [3.05, 3.63) is 47.5 Å². The molecule has 0 aliphatic heterocycles. The highest BCUT2D eigenvalue weighted by Crippen LogP contribution is 2.31. The molecule has 0 saturated carbocycles. The largest absolute Gasteiger partial charge is 0.359 e. The molecule has 1 aromatic carbocycles. The summed E-state index contributed by atoms with van der Waals surface area (Å²) in [7, 11) is -1.92. The predicted octanol–water partition coefficient (Wildman–Crippen LogP) is 3.36. The third kappa shape index (κ3) is 1.92. The zero-order chi connectivity index (χ0) is 14.3. The molecule has 2 aromatic heterocycles. The van der Waals surface area contributed by atoms with E-state index in [1.807, 2.05) is 31.3 Å². The molecule has 0 amide bonds. The molecule has 0 saturated heterocycles. The smallest absolute Gasteiger partial charge is 0.273 e. The van der Waals surface area contributed by atoms with Gasteiger partial charge in [-0.05, 0) is 36.1 Å². The number of H-pyrrole nitrogens is 1. The Labute approximate surface area is 121 Å². The van der Waals surface area contributed by atoms with Crippen LogP contribution in [0.1, 0.15) is 5.56 Å². The Kier molecular flexibility index (Phi) is 3.07. The first-order chi connectivity index (χ1) is 9.51. The number of anilines is 1. The van der Waals surface area contributed by atoms with Gasteiger partial charge in [-0.15, -0.1) is 11.3 Å². The van der Waals surface area contributed by atoms with E-state index in [0.29, 0.717) is 9.90 Å². The number of aromatic nitrogens is 1. The molecule has 0 bridgehead atoms. The zero-order valence-electron chi connectivity index (χ0n) is 11.1. The van der Waals surface area contributed by atoms with E-state index in [0.717, 1.165) is 16.5 Å². The summed E-state index contributed by atoms with van der Waals surface area (Å²) in [5, 5.41) is 2.80. The van der Waals surface area contributed by atoms with Gasteiger partial charge < -0.3 is 4.98 Å². The molecule has 0 aliphatic rings. The fourth-order valence-corrected chi connectivity index (χ4v) is 4.59. The highest BCUT2D eigenvalue weighted by molar-refractivity contribution is 7.94. The summed E-state index contributed by atoms with van der Waals surface area (Å²) < 4.78 is 26.8. The number of nitrogens with one attached hydrogen (secondary N) is 1. The first-order valence-corrected chi connectivity index (χ1v) is 8.43. The van der Waals surface area contributed by atoms with Crippen LogP contribution >= 0.6 is 11.3 Å². The number of fused-ring (bicyclic) bond motifs is 1. The summed E-state index contributed by atoms with van der Waals surface area (Å²) in [6, 6.07) is 9.09. The fourth-order valence-electron chi connectivity index (χ4n) is 2.22. The zero-order valence-corrected chi connectivity index (χ0v) is 12.8. The maximum atomic E-state index is 12.6. The molecule has 2 heterocycles. The van der Waals surface area contributed by atoms with Crippen LogP contribution in [0.4, 0.5) is 5.69 Å². The number of nitrogens with zero attached hydrogens (tertiary/aromatic N) is 1. The third-order valence-corrected chi connectivity index (χ3v) is 6.51. The molecule has 3 aromatic rings. The van der Waals surface area contributed by atoms with Crippen molar-refractivity contribution >= 4 is 38.0 Å². The molecular weight excluding hydrogens is 292 g/mol. The van der Waals surface area contributed by atoms with Crippen LogP contribution in [0.2, 0.25) is 0 Å². The van der Waals surface area contributed by atoms with Crippen molar-refractivity contribution in [2.45, 2.75) is 11.1 Å². The van der Waals surface area contributed by atoms with Crippen LogP contribution in [0.15, 0.2) is 46.1 Å². The third-order valence-electron chi connectivity index (χ3n) is 3.37. The van der Waals surface area contributed by atoms with E-state index >= 15 is 0 Å². The molecule has 20 heavy (non-hydrogen) atoms. The van der Waals surface area contributed by atoms with Gasteiger partial charge in [0.25, 0.3) is 10.0 Å². The van der Waals surface area contributed by atoms with Crippen LogP contribution in [0, 0.1) is 6.92 Å². The molecule has 0 aliphatic carbocycles. The number of aryl methyl sites for hydroxylation is 1. The van der Waals surface area contributed by atoms with E-state index in [2.05, 4.69) is 4.98 Å². The number of aromatic amines is 1. The Hall–Kier alpha value is -1.79. The lowest BCUT2D eigenvalue weighted by molar-refractivity contribution is 0.596. The van der Waals surface area contributed by atoms with Crippen molar-refractivity contribution in [2.75, 3.05) is 11.4 Å². The van der Waals surface area contributed by atoms with Crippen LogP contribution in [0.3, 0.4) is 0 Å². The fraction of sp³-hybridized carbons (Fsp3) is 0.143. The average molecular weight is 306 g/mol. The van der Waals surface area contributed by atoms with E-state index in [9.17, 15) is 8.42 Å². The Balaban J connectivity index is 2.17. The van der Waals surface area contributed by atoms with Crippen molar-refractivity contribution < 1.29 is 8.42 Å². The molecule has 0 radical (unpaired) electrons. The van der Waals surface area contributed by atoms with E-state index in [4.69, 9.17) is 0 Å². The molecule has 0 unspecified atom stereocenters. The lowest BCUT2D eigenvalue weighted by Crippen LogP contribution is -2.26. The van der Waals surface area contributed by atoms with E-state index in [-0.39, 0.29) is 0 Å². The number of hydrogen-bond acceptors (Lipinski definition) is 3. The van der Waals surface area contributed by atoms with Gasteiger partial charge in [-0.25, -0.2) is 8.42 Å². The summed E-state index contributed by atoms with van der Waals surface area (Å²) in [5.41, 5.74) is 2.61. The summed E-state index contributed by atoms with van der Waals surface area (Å²) in [5.74, 6) is 0. The second-order valence-electron chi connectivity index (χ2n) is 4.57. The minimum Gasteiger partial charge on any atom is -0.359 e. The van der Waals surface area contributed by atoms with Gasteiger partial charge in [0.1, 0.15) is 4.21 Å². The van der Waals surface area contributed by atoms with Crippen LogP contribution in [-0.2, 0) is 10.0 Å². The molecule has 1 N–H and O–H groups in total. The highest BCUT2D eigenvalue weighted by Gasteiger charge is 2.24. The first kappa shape index (κ1) is 13.2. The van der Waals surface area contributed by atoms with Crippen LogP contribution in [0.25, 0.3) is 10.9 Å².